The molecule has 0 fully saturated rings. The fourth-order valence-corrected chi connectivity index (χ4v) is 4.19. The van der Waals surface area contributed by atoms with Crippen molar-refractivity contribution in [2.75, 3.05) is 19.8 Å². The van der Waals surface area contributed by atoms with Crippen LogP contribution in [0.15, 0.2) is 58.3 Å². The van der Waals surface area contributed by atoms with E-state index in [0.717, 1.165) is 36.8 Å². The summed E-state index contributed by atoms with van der Waals surface area (Å²) in [6.07, 6.45) is 3.71. The van der Waals surface area contributed by atoms with E-state index in [1.54, 1.807) is 37.3 Å². The number of hydrogen-bond acceptors (Lipinski definition) is 5. The highest BCUT2D eigenvalue weighted by Gasteiger charge is 2.17. The van der Waals surface area contributed by atoms with Crippen molar-refractivity contribution in [3.8, 4) is 0 Å². The first kappa shape index (κ1) is 22.1. The molecule has 2 aromatic carbocycles. The number of benzene rings is 2. The first-order valence-corrected chi connectivity index (χ1v) is 11.1. The number of sulfone groups is 1. The minimum Gasteiger partial charge on any atom is -0.464 e. The van der Waals surface area contributed by atoms with Crippen molar-refractivity contribution in [1.82, 2.24) is 0 Å². The summed E-state index contributed by atoms with van der Waals surface area (Å²) in [7, 11) is -3.48. The highest BCUT2D eigenvalue weighted by Crippen LogP contribution is 2.22. The summed E-state index contributed by atoms with van der Waals surface area (Å²) >= 11 is 0. The molecule has 5 nitrogen and oxygen atoms in total. The molecule has 0 aliphatic rings. The quantitative estimate of drug-likeness (QED) is 0.416. The maximum absolute atomic E-state index is 12.7. The van der Waals surface area contributed by atoms with Gasteiger partial charge in [-0.05, 0) is 68.5 Å². The van der Waals surface area contributed by atoms with Crippen LogP contribution in [0.4, 0.5) is 0 Å². The first-order chi connectivity index (χ1) is 13.4. The zero-order chi connectivity index (χ0) is 20.4. The van der Waals surface area contributed by atoms with E-state index in [1.165, 1.54) is 0 Å². The molecule has 0 amide bonds. The Balaban J connectivity index is 1.76. The summed E-state index contributed by atoms with van der Waals surface area (Å²) in [4.78, 5) is 11.8. The van der Waals surface area contributed by atoms with E-state index in [0.29, 0.717) is 23.0 Å². The lowest BCUT2D eigenvalue weighted by Gasteiger charge is -2.07. The van der Waals surface area contributed by atoms with Gasteiger partial charge in [0, 0.05) is 6.61 Å². The van der Waals surface area contributed by atoms with E-state index < -0.39 is 9.84 Å². The Bertz CT molecular complexity index is 857. The van der Waals surface area contributed by atoms with Crippen molar-refractivity contribution in [3.05, 3.63) is 59.7 Å². The van der Waals surface area contributed by atoms with Crippen molar-refractivity contribution in [2.24, 2.45) is 0 Å². The smallest absolute Gasteiger partial charge is 0.332 e. The van der Waals surface area contributed by atoms with E-state index in [2.05, 4.69) is 0 Å². The number of aryl methyl sites for hydroxylation is 2. The van der Waals surface area contributed by atoms with Gasteiger partial charge in [0.05, 0.1) is 16.4 Å². The average Bonchev–Trinajstić information content (AvgIpc) is 2.68. The molecule has 2 rings (SSSR count). The molecule has 0 aliphatic carbocycles. The van der Waals surface area contributed by atoms with Crippen molar-refractivity contribution in [2.45, 2.75) is 49.3 Å². The van der Waals surface area contributed by atoms with Crippen LogP contribution in [0.5, 0.6) is 0 Å². The topological polar surface area (TPSA) is 69.7 Å². The maximum atomic E-state index is 12.7. The van der Waals surface area contributed by atoms with Gasteiger partial charge in [0.15, 0.2) is 0 Å². The van der Waals surface area contributed by atoms with Gasteiger partial charge in [-0.2, -0.15) is 0 Å². The monoisotopic (exact) mass is 404 g/mol. The molecule has 2 aromatic rings. The molecule has 0 saturated carbocycles. The fraction of sp³-hybridized carbons (Fsp3) is 0.409. The molecule has 0 atom stereocenters. The highest BCUT2D eigenvalue weighted by atomic mass is 32.2. The molecular weight excluding hydrogens is 376 g/mol. The van der Waals surface area contributed by atoms with Crippen LogP contribution < -0.4 is 0 Å². The molecule has 0 radical (unpaired) electrons. The van der Waals surface area contributed by atoms with E-state index in [-0.39, 0.29) is 12.6 Å². The molecule has 152 valence electrons. The lowest BCUT2D eigenvalue weighted by molar-refractivity contribution is -0.148. The van der Waals surface area contributed by atoms with Gasteiger partial charge >= 0.3 is 5.97 Å². The molecule has 0 unspecified atom stereocenters. The predicted octanol–water partition coefficient (Wildman–Crippen LogP) is 4.12. The minimum absolute atomic E-state index is 0.00468. The van der Waals surface area contributed by atoms with Crippen LogP contribution in [0.1, 0.15) is 37.3 Å². The first-order valence-electron chi connectivity index (χ1n) is 9.57. The average molecular weight is 405 g/mol. The second-order valence-electron chi connectivity index (χ2n) is 6.63. The van der Waals surface area contributed by atoms with Crippen molar-refractivity contribution >= 4 is 15.8 Å². The Morgan fingerprint density at radius 2 is 1.71 bits per heavy atom. The van der Waals surface area contributed by atoms with E-state index in [4.69, 9.17) is 9.47 Å². The van der Waals surface area contributed by atoms with Crippen molar-refractivity contribution < 1.29 is 22.7 Å². The Morgan fingerprint density at radius 3 is 2.39 bits per heavy atom. The minimum atomic E-state index is -3.48. The van der Waals surface area contributed by atoms with Gasteiger partial charge in [-0.1, -0.05) is 30.7 Å². The zero-order valence-corrected chi connectivity index (χ0v) is 17.3. The van der Waals surface area contributed by atoms with E-state index in [1.807, 2.05) is 25.1 Å². The Kier molecular flexibility index (Phi) is 8.67. The van der Waals surface area contributed by atoms with Crippen LogP contribution in [-0.2, 0) is 30.5 Å². The SMILES string of the molecule is CCOC(=O)COCCCCCc1ccc(S(=O)(=O)c2cccc(C)c2)cc1. The van der Waals surface area contributed by atoms with Crippen molar-refractivity contribution in [3.63, 3.8) is 0 Å². The number of unbranched alkanes of at least 4 members (excludes halogenated alkanes) is 2. The summed E-state index contributed by atoms with van der Waals surface area (Å²) < 4.78 is 35.5. The lowest BCUT2D eigenvalue weighted by Crippen LogP contribution is -2.12. The third kappa shape index (κ3) is 6.77. The molecule has 0 heterocycles. The fourth-order valence-electron chi connectivity index (χ4n) is 2.82. The van der Waals surface area contributed by atoms with Crippen LogP contribution in [-0.4, -0.2) is 34.2 Å². The normalized spacial score (nSPS) is 11.4. The van der Waals surface area contributed by atoms with Crippen LogP contribution in [0.25, 0.3) is 0 Å². The predicted molar refractivity (Wildman–Crippen MR) is 108 cm³/mol. The van der Waals surface area contributed by atoms with E-state index in [9.17, 15) is 13.2 Å². The molecule has 28 heavy (non-hydrogen) atoms. The Labute approximate surface area is 167 Å². The molecule has 6 heteroatoms. The molecule has 0 saturated heterocycles. The molecule has 0 bridgehead atoms. The number of hydrogen-bond donors (Lipinski definition) is 0. The summed E-state index contributed by atoms with van der Waals surface area (Å²) in [6.45, 7) is 4.55. The van der Waals surface area contributed by atoms with Crippen LogP contribution in [0.2, 0.25) is 0 Å². The van der Waals surface area contributed by atoms with Gasteiger partial charge in [0.1, 0.15) is 6.61 Å². The van der Waals surface area contributed by atoms with Gasteiger partial charge in [-0.15, -0.1) is 0 Å². The Morgan fingerprint density at radius 1 is 0.964 bits per heavy atom. The highest BCUT2D eigenvalue weighted by molar-refractivity contribution is 7.91. The standard InChI is InChI=1S/C22H28O5S/c1-3-27-22(23)17-26-15-6-4-5-9-19-11-13-20(14-12-19)28(24,25)21-10-7-8-18(2)16-21/h7-8,10-14,16H,3-6,9,15,17H2,1-2H3. The molecule has 0 spiro atoms. The van der Waals surface area contributed by atoms with Crippen LogP contribution >= 0.6 is 0 Å². The maximum Gasteiger partial charge on any atom is 0.332 e. The lowest BCUT2D eigenvalue weighted by atomic mass is 10.1. The second kappa shape index (κ2) is 11.0. The van der Waals surface area contributed by atoms with Gasteiger partial charge in [-0.3, -0.25) is 0 Å². The summed E-state index contributed by atoms with van der Waals surface area (Å²) in [5, 5.41) is 0. The molecule has 0 N–H and O–H groups in total. The van der Waals surface area contributed by atoms with Crippen LogP contribution in [0.3, 0.4) is 0 Å². The van der Waals surface area contributed by atoms with Gasteiger partial charge < -0.3 is 9.47 Å². The number of rotatable bonds is 11. The zero-order valence-electron chi connectivity index (χ0n) is 16.5. The molecular formula is C22H28O5S. The van der Waals surface area contributed by atoms with Crippen LogP contribution in [0, 0.1) is 6.92 Å². The number of esters is 1. The van der Waals surface area contributed by atoms with Gasteiger partial charge in [-0.25, -0.2) is 13.2 Å². The van der Waals surface area contributed by atoms with Gasteiger partial charge in [0.2, 0.25) is 9.84 Å². The van der Waals surface area contributed by atoms with E-state index >= 15 is 0 Å². The second-order valence-corrected chi connectivity index (χ2v) is 8.58. The summed E-state index contributed by atoms with van der Waals surface area (Å²) in [5.74, 6) is -0.330. The Hall–Kier alpha value is -2.18. The summed E-state index contributed by atoms with van der Waals surface area (Å²) in [6, 6.07) is 14.1. The van der Waals surface area contributed by atoms with Crippen molar-refractivity contribution in [1.29, 1.82) is 0 Å². The number of carbonyl (C=O) groups is 1. The molecule has 0 aromatic heterocycles. The molecule has 0 aliphatic heterocycles. The van der Waals surface area contributed by atoms with Gasteiger partial charge in [0.25, 0.3) is 0 Å². The largest absolute Gasteiger partial charge is 0.464 e. The number of carbonyl (C=O) groups excluding carboxylic acids is 1. The third-order valence-corrected chi connectivity index (χ3v) is 6.08. The third-order valence-electron chi connectivity index (χ3n) is 4.31. The summed E-state index contributed by atoms with van der Waals surface area (Å²) in [5.41, 5.74) is 2.03. The number of ether oxygens (including phenoxy) is 2.